The summed E-state index contributed by atoms with van der Waals surface area (Å²) in [5.74, 6) is 1.40. The summed E-state index contributed by atoms with van der Waals surface area (Å²) in [4.78, 5) is 16.2. The van der Waals surface area contributed by atoms with Gasteiger partial charge in [-0.3, -0.25) is 4.79 Å². The molecule has 0 aliphatic carbocycles. The van der Waals surface area contributed by atoms with E-state index in [1.165, 1.54) is 0 Å². The Morgan fingerprint density at radius 2 is 2.22 bits per heavy atom. The zero-order chi connectivity index (χ0) is 13.2. The number of aromatic nitrogens is 2. The van der Waals surface area contributed by atoms with Crippen molar-refractivity contribution in [3.8, 4) is 0 Å². The second-order valence-corrected chi connectivity index (χ2v) is 5.81. The molecule has 5 nitrogen and oxygen atoms in total. The van der Waals surface area contributed by atoms with Gasteiger partial charge in [0.1, 0.15) is 5.78 Å². The van der Waals surface area contributed by atoms with E-state index in [1.54, 1.807) is 0 Å². The average molecular weight is 252 g/mol. The summed E-state index contributed by atoms with van der Waals surface area (Å²) in [6.07, 6.45) is 2.26. The highest BCUT2D eigenvalue weighted by molar-refractivity contribution is 5.84. The number of carbonyl (C=O) groups is 1. The minimum absolute atomic E-state index is 0.109. The Kier molecular flexibility index (Phi) is 3.80. The summed E-state index contributed by atoms with van der Waals surface area (Å²) in [5, 5.41) is 3.96. The van der Waals surface area contributed by atoms with Crippen LogP contribution >= 0.6 is 0 Å². The Balaban J connectivity index is 1.99. The van der Waals surface area contributed by atoms with Crippen molar-refractivity contribution in [1.82, 2.24) is 10.1 Å². The van der Waals surface area contributed by atoms with E-state index in [0.717, 1.165) is 19.4 Å². The lowest BCUT2D eigenvalue weighted by Crippen LogP contribution is -2.22. The van der Waals surface area contributed by atoms with Gasteiger partial charge in [0.05, 0.1) is 13.0 Å². The Morgan fingerprint density at radius 1 is 1.44 bits per heavy atom. The van der Waals surface area contributed by atoms with Crippen molar-refractivity contribution < 1.29 is 14.1 Å². The molecule has 1 aromatic rings. The van der Waals surface area contributed by atoms with Gasteiger partial charge in [-0.1, -0.05) is 25.9 Å². The molecule has 0 saturated carbocycles. The second kappa shape index (κ2) is 5.18. The number of carbonyl (C=O) groups excluding carboxylic acids is 1. The molecule has 0 N–H and O–H groups in total. The first kappa shape index (κ1) is 13.2. The van der Waals surface area contributed by atoms with E-state index in [4.69, 9.17) is 9.26 Å². The molecule has 1 fully saturated rings. The smallest absolute Gasteiger partial charge is 0.234 e. The normalized spacial score (nSPS) is 20.9. The summed E-state index contributed by atoms with van der Waals surface area (Å²) in [6, 6.07) is 0. The molecule has 2 rings (SSSR count). The average Bonchev–Trinajstić information content (AvgIpc) is 2.77. The summed E-state index contributed by atoms with van der Waals surface area (Å²) < 4.78 is 10.5. The molecule has 2 heterocycles. The predicted octanol–water partition coefficient (Wildman–Crippen LogP) is 2.12. The SMILES string of the molecule is CC(C)(C)C(=O)Cc1nc(C2CCCOC2)no1. The number of nitrogens with zero attached hydrogens (tertiary/aromatic N) is 2. The molecular formula is C13H20N2O3. The van der Waals surface area contributed by atoms with Gasteiger partial charge in [-0.2, -0.15) is 4.98 Å². The summed E-state index contributed by atoms with van der Waals surface area (Å²) in [5.41, 5.74) is -0.372. The van der Waals surface area contributed by atoms with E-state index in [2.05, 4.69) is 10.1 Å². The van der Waals surface area contributed by atoms with Gasteiger partial charge in [0.15, 0.2) is 5.82 Å². The lowest BCUT2D eigenvalue weighted by atomic mass is 9.89. The van der Waals surface area contributed by atoms with Gasteiger partial charge in [0, 0.05) is 17.9 Å². The van der Waals surface area contributed by atoms with Gasteiger partial charge in [0.2, 0.25) is 5.89 Å². The lowest BCUT2D eigenvalue weighted by Gasteiger charge is -2.18. The largest absolute Gasteiger partial charge is 0.381 e. The molecular weight excluding hydrogens is 232 g/mol. The van der Waals surface area contributed by atoms with Crippen LogP contribution in [0.3, 0.4) is 0 Å². The molecule has 1 atom stereocenters. The number of ketones is 1. The Morgan fingerprint density at radius 3 is 2.83 bits per heavy atom. The molecule has 1 saturated heterocycles. The number of hydrogen-bond donors (Lipinski definition) is 0. The van der Waals surface area contributed by atoms with Gasteiger partial charge < -0.3 is 9.26 Å². The van der Waals surface area contributed by atoms with Crippen LogP contribution in [0.25, 0.3) is 0 Å². The zero-order valence-corrected chi connectivity index (χ0v) is 11.2. The fourth-order valence-corrected chi connectivity index (χ4v) is 1.85. The summed E-state index contributed by atoms with van der Waals surface area (Å²) in [7, 11) is 0. The van der Waals surface area contributed by atoms with E-state index in [9.17, 15) is 4.79 Å². The van der Waals surface area contributed by atoms with Gasteiger partial charge in [-0.05, 0) is 12.8 Å². The Hall–Kier alpha value is -1.23. The molecule has 1 aliphatic rings. The van der Waals surface area contributed by atoms with E-state index in [-0.39, 0.29) is 23.5 Å². The van der Waals surface area contributed by atoms with Crippen molar-refractivity contribution in [3.05, 3.63) is 11.7 Å². The minimum atomic E-state index is -0.372. The van der Waals surface area contributed by atoms with E-state index in [1.807, 2.05) is 20.8 Å². The first-order valence-electron chi connectivity index (χ1n) is 6.40. The molecule has 18 heavy (non-hydrogen) atoms. The quantitative estimate of drug-likeness (QED) is 0.824. The standard InChI is InChI=1S/C13H20N2O3/c1-13(2,3)10(16)7-11-14-12(15-18-11)9-5-4-6-17-8-9/h9H,4-8H2,1-3H3. The van der Waals surface area contributed by atoms with Crippen molar-refractivity contribution in [2.75, 3.05) is 13.2 Å². The van der Waals surface area contributed by atoms with Crippen LogP contribution in [0.1, 0.15) is 51.2 Å². The Labute approximate surface area is 107 Å². The molecule has 0 bridgehead atoms. The highest BCUT2D eigenvalue weighted by atomic mass is 16.5. The van der Waals surface area contributed by atoms with Crippen LogP contribution in [0, 0.1) is 5.41 Å². The van der Waals surface area contributed by atoms with Crippen molar-refractivity contribution in [2.45, 2.75) is 46.0 Å². The fourth-order valence-electron chi connectivity index (χ4n) is 1.85. The van der Waals surface area contributed by atoms with E-state index < -0.39 is 0 Å². The summed E-state index contributed by atoms with van der Waals surface area (Å²) >= 11 is 0. The highest BCUT2D eigenvalue weighted by Gasteiger charge is 2.26. The third kappa shape index (κ3) is 3.16. The fraction of sp³-hybridized carbons (Fsp3) is 0.769. The monoisotopic (exact) mass is 252 g/mol. The van der Waals surface area contributed by atoms with Crippen LogP contribution in [0.15, 0.2) is 4.52 Å². The molecule has 100 valence electrons. The topological polar surface area (TPSA) is 65.2 Å². The van der Waals surface area contributed by atoms with Crippen LogP contribution < -0.4 is 0 Å². The van der Waals surface area contributed by atoms with E-state index >= 15 is 0 Å². The van der Waals surface area contributed by atoms with Gasteiger partial charge in [0.25, 0.3) is 0 Å². The van der Waals surface area contributed by atoms with Crippen LogP contribution in [0.2, 0.25) is 0 Å². The van der Waals surface area contributed by atoms with Crippen LogP contribution in [0.5, 0.6) is 0 Å². The molecule has 0 radical (unpaired) electrons. The minimum Gasteiger partial charge on any atom is -0.381 e. The predicted molar refractivity (Wildman–Crippen MR) is 65.3 cm³/mol. The van der Waals surface area contributed by atoms with Crippen LogP contribution in [0.4, 0.5) is 0 Å². The first-order valence-corrected chi connectivity index (χ1v) is 6.40. The van der Waals surface area contributed by atoms with Crippen LogP contribution in [-0.4, -0.2) is 29.1 Å². The maximum Gasteiger partial charge on any atom is 0.234 e. The molecule has 1 aliphatic heterocycles. The zero-order valence-electron chi connectivity index (χ0n) is 11.2. The highest BCUT2D eigenvalue weighted by Crippen LogP contribution is 2.23. The lowest BCUT2D eigenvalue weighted by molar-refractivity contribution is -0.125. The van der Waals surface area contributed by atoms with E-state index in [0.29, 0.717) is 18.3 Å². The molecule has 5 heteroatoms. The molecule has 1 aromatic heterocycles. The third-order valence-electron chi connectivity index (χ3n) is 3.16. The van der Waals surface area contributed by atoms with Crippen LogP contribution in [-0.2, 0) is 16.0 Å². The molecule has 1 unspecified atom stereocenters. The van der Waals surface area contributed by atoms with Crippen molar-refractivity contribution in [2.24, 2.45) is 5.41 Å². The number of Topliss-reactive ketones (excluding diaryl/α,β-unsaturated/α-hetero) is 1. The number of hydrogen-bond acceptors (Lipinski definition) is 5. The maximum absolute atomic E-state index is 11.9. The van der Waals surface area contributed by atoms with Crippen molar-refractivity contribution in [1.29, 1.82) is 0 Å². The summed E-state index contributed by atoms with van der Waals surface area (Å²) in [6.45, 7) is 7.13. The third-order valence-corrected chi connectivity index (χ3v) is 3.16. The first-order chi connectivity index (χ1) is 8.47. The second-order valence-electron chi connectivity index (χ2n) is 5.81. The molecule has 0 aromatic carbocycles. The maximum atomic E-state index is 11.9. The Bertz CT molecular complexity index is 414. The number of rotatable bonds is 3. The van der Waals surface area contributed by atoms with Crippen molar-refractivity contribution in [3.63, 3.8) is 0 Å². The van der Waals surface area contributed by atoms with Gasteiger partial charge in [-0.25, -0.2) is 0 Å². The molecule has 0 spiro atoms. The van der Waals surface area contributed by atoms with Gasteiger partial charge in [-0.15, -0.1) is 0 Å². The number of ether oxygens (including phenoxy) is 1. The van der Waals surface area contributed by atoms with Crippen molar-refractivity contribution >= 4 is 5.78 Å². The molecule has 0 amide bonds. The van der Waals surface area contributed by atoms with Gasteiger partial charge >= 0.3 is 0 Å².